The van der Waals surface area contributed by atoms with Crippen molar-refractivity contribution in [1.82, 2.24) is 12.3 Å². The van der Waals surface area contributed by atoms with Gasteiger partial charge in [-0.2, -0.15) is 0 Å². The number of hydrogen-bond donors (Lipinski definition) is 4. The van der Waals surface area contributed by atoms with E-state index in [2.05, 4.69) is 17.7 Å². The molecule has 0 spiro atoms. The van der Waals surface area contributed by atoms with Crippen LogP contribution in [0.4, 0.5) is 4.79 Å². The Morgan fingerprint density at radius 2 is 1.04 bits per heavy atom. The predicted octanol–water partition coefficient (Wildman–Crippen LogP) is -3.41. The van der Waals surface area contributed by atoms with E-state index in [9.17, 15) is 42.6 Å². The van der Waals surface area contributed by atoms with Crippen LogP contribution < -0.4 is 31.9 Å². The van der Waals surface area contributed by atoms with Gasteiger partial charge < -0.3 is 55.3 Å². The standard InChI is InChI=1S/CH6O15P4.2Ca.2H3N/c2-1(13-19(9,10)15-17(3,4)5)14-20(11,12)16-18(6,7)8;;;;/h(H,9,10)(H,11,12)(H2,3,4,5)(H2,6,7,8);;;2*1H3/q;2*+2;;/p-4. The van der Waals surface area contributed by atoms with Crippen LogP contribution in [-0.2, 0) is 35.9 Å². The molecule has 0 saturated heterocycles. The first-order valence-corrected chi connectivity index (χ1v) is 9.48. The summed E-state index contributed by atoms with van der Waals surface area (Å²) in [4.78, 5) is 67.7. The van der Waals surface area contributed by atoms with E-state index >= 15 is 0 Å². The predicted molar refractivity (Wildman–Crippen MR) is 66.2 cm³/mol. The van der Waals surface area contributed by atoms with Crippen molar-refractivity contribution in [2.24, 2.45) is 0 Å². The van der Waals surface area contributed by atoms with Crippen molar-refractivity contribution in [3.8, 4) is 0 Å². The van der Waals surface area contributed by atoms with Crippen LogP contribution in [0.3, 0.4) is 0 Å². The van der Waals surface area contributed by atoms with E-state index in [1.807, 2.05) is 0 Å². The SMILES string of the molecule is N.N.O=C(OP(=O)([O-])OP(=O)([O-])[O-])OP(=O)([O-])OP(=O)(O)O.[Ca+2].[Ca+2]. The van der Waals surface area contributed by atoms with E-state index in [1.165, 1.54) is 0 Å². The van der Waals surface area contributed by atoms with Crippen molar-refractivity contribution in [1.29, 1.82) is 0 Å². The number of hydrogen-bond acceptors (Lipinski definition) is 15. The average Bonchev–Trinajstić information content (AvgIpc) is 1.86. The Labute approximate surface area is 193 Å². The second-order valence-electron chi connectivity index (χ2n) is 2.43. The van der Waals surface area contributed by atoms with Gasteiger partial charge in [0.25, 0.3) is 0 Å². The van der Waals surface area contributed by atoms with Crippen LogP contribution in [0.5, 0.6) is 0 Å². The van der Waals surface area contributed by atoms with Gasteiger partial charge >= 0.3 is 105 Å². The normalized spacial score (nSPS) is 15.6. The average molecular weight is 492 g/mol. The Bertz CT molecular complexity index is 516. The van der Waals surface area contributed by atoms with Crippen molar-refractivity contribution in [2.75, 3.05) is 0 Å². The van der Waals surface area contributed by atoms with Crippen molar-refractivity contribution in [3.63, 3.8) is 0 Å². The molecule has 0 saturated carbocycles. The fraction of sp³-hybridized carbons (Fsp3) is 0. The number of rotatable bonds is 6. The summed E-state index contributed by atoms with van der Waals surface area (Å²) in [6.07, 6.45) is -2.72. The van der Waals surface area contributed by atoms with Crippen molar-refractivity contribution < 1.29 is 70.1 Å². The molecule has 0 aromatic rings. The van der Waals surface area contributed by atoms with Gasteiger partial charge in [-0.1, -0.05) is 0 Å². The van der Waals surface area contributed by atoms with Crippen LogP contribution in [0.25, 0.3) is 0 Å². The van der Waals surface area contributed by atoms with E-state index in [4.69, 9.17) is 9.79 Å². The molecule has 136 valence electrons. The minimum absolute atomic E-state index is 0. The molecule has 0 aliphatic carbocycles. The van der Waals surface area contributed by atoms with Crippen LogP contribution in [-0.4, -0.2) is 91.4 Å². The van der Waals surface area contributed by atoms with Gasteiger partial charge in [-0.25, -0.2) is 13.7 Å². The first-order valence-electron chi connectivity index (χ1n) is 3.57. The molecule has 17 nitrogen and oxygen atoms in total. The molecule has 0 heterocycles. The maximum absolute atomic E-state index is 10.6. The van der Waals surface area contributed by atoms with E-state index in [0.717, 1.165) is 0 Å². The van der Waals surface area contributed by atoms with E-state index in [0.29, 0.717) is 0 Å². The molecular weight excluding hydrogens is 484 g/mol. The second kappa shape index (κ2) is 13.5. The smallest absolute Gasteiger partial charge is 0.789 e. The van der Waals surface area contributed by atoms with Crippen LogP contribution in [0.15, 0.2) is 0 Å². The van der Waals surface area contributed by atoms with Crippen LogP contribution in [0, 0.1) is 0 Å². The second-order valence-corrected chi connectivity index (χ2v) is 7.76. The molecule has 0 aromatic carbocycles. The summed E-state index contributed by atoms with van der Waals surface area (Å²) in [6.45, 7) is 0. The summed E-state index contributed by atoms with van der Waals surface area (Å²) in [6, 6.07) is 0. The molecular formula is CH8Ca2N2O15P4. The molecule has 24 heavy (non-hydrogen) atoms. The molecule has 0 rings (SSSR count). The molecule has 8 N–H and O–H groups in total. The number of carbonyl (C=O) groups is 1. The fourth-order valence-corrected chi connectivity index (χ4v) is 3.27. The Morgan fingerprint density at radius 1 is 0.750 bits per heavy atom. The van der Waals surface area contributed by atoms with Gasteiger partial charge in [-0.05, 0) is 0 Å². The Hall–Kier alpha value is 2.31. The van der Waals surface area contributed by atoms with Gasteiger partial charge in [0, 0.05) is 0 Å². The topological polar surface area (TPSA) is 325 Å². The molecule has 23 heteroatoms. The summed E-state index contributed by atoms with van der Waals surface area (Å²) in [7, 11) is -24.0. The maximum atomic E-state index is 10.6. The third kappa shape index (κ3) is 22.4. The van der Waals surface area contributed by atoms with Crippen molar-refractivity contribution >= 4 is 113 Å². The Kier molecular flexibility index (Phi) is 20.8. The van der Waals surface area contributed by atoms with Gasteiger partial charge in [0.15, 0.2) is 0 Å². The van der Waals surface area contributed by atoms with Crippen LogP contribution in [0.1, 0.15) is 0 Å². The summed E-state index contributed by atoms with van der Waals surface area (Å²) in [5.41, 5.74) is 0. The zero-order valence-electron chi connectivity index (χ0n) is 11.3. The van der Waals surface area contributed by atoms with Gasteiger partial charge in [0.1, 0.15) is 0 Å². The molecule has 2 unspecified atom stereocenters. The van der Waals surface area contributed by atoms with Crippen molar-refractivity contribution in [2.45, 2.75) is 0 Å². The first kappa shape index (κ1) is 37.1. The van der Waals surface area contributed by atoms with Crippen LogP contribution >= 0.6 is 31.3 Å². The zero-order valence-corrected chi connectivity index (χ0v) is 19.3. The molecule has 0 amide bonds. The first-order chi connectivity index (χ1) is 8.52. The Balaban J connectivity index is -0.000000301. The number of phosphoric ester groups is 2. The number of phosphoric acid groups is 4. The zero-order chi connectivity index (χ0) is 16.4. The molecule has 0 fully saturated rings. The van der Waals surface area contributed by atoms with E-state index in [1.54, 1.807) is 0 Å². The third-order valence-corrected chi connectivity index (χ3v) is 4.78. The summed E-state index contributed by atoms with van der Waals surface area (Å²) >= 11 is 0. The summed E-state index contributed by atoms with van der Waals surface area (Å²) < 4.78 is 52.9. The van der Waals surface area contributed by atoms with E-state index in [-0.39, 0.29) is 87.8 Å². The quantitative estimate of drug-likeness (QED) is 0.207. The largest absolute Gasteiger partial charge is 2.00 e. The van der Waals surface area contributed by atoms with Crippen molar-refractivity contribution in [3.05, 3.63) is 0 Å². The molecule has 0 radical (unpaired) electrons. The van der Waals surface area contributed by atoms with Gasteiger partial charge in [-0.3, -0.25) is 13.4 Å². The molecule has 0 aromatic heterocycles. The van der Waals surface area contributed by atoms with Gasteiger partial charge in [0.2, 0.25) is 0 Å². The summed E-state index contributed by atoms with van der Waals surface area (Å²) in [5, 5.41) is 0. The summed E-state index contributed by atoms with van der Waals surface area (Å²) in [5.74, 6) is 0. The third-order valence-electron chi connectivity index (χ3n) is 0.779. The molecule has 0 aliphatic rings. The van der Waals surface area contributed by atoms with E-state index < -0.39 is 37.4 Å². The molecule has 0 bridgehead atoms. The monoisotopic (exact) mass is 492 g/mol. The van der Waals surface area contributed by atoms with Gasteiger partial charge in [-0.15, -0.1) is 0 Å². The molecule has 0 aliphatic heterocycles. The fourth-order valence-electron chi connectivity index (χ4n) is 0.485. The maximum Gasteiger partial charge on any atom is 2.00 e. The molecule has 2 atom stereocenters. The Morgan fingerprint density at radius 3 is 1.29 bits per heavy atom. The minimum atomic E-state index is -6.14. The number of carbonyl (C=O) groups excluding carboxylic acids is 1. The minimum Gasteiger partial charge on any atom is -0.789 e. The van der Waals surface area contributed by atoms with Gasteiger partial charge in [0.05, 0.1) is 7.82 Å². The van der Waals surface area contributed by atoms with Crippen LogP contribution in [0.2, 0.25) is 0 Å².